The summed E-state index contributed by atoms with van der Waals surface area (Å²) in [6.07, 6.45) is 2.52. The molecule has 2 aliphatic rings. The van der Waals surface area contributed by atoms with Crippen LogP contribution in [0.15, 0.2) is 61.2 Å². The Hall–Kier alpha value is -4.01. The Morgan fingerprint density at radius 1 is 1.06 bits per heavy atom. The van der Waals surface area contributed by atoms with Crippen LogP contribution in [0.2, 0.25) is 0 Å². The van der Waals surface area contributed by atoms with Crippen LogP contribution in [-0.4, -0.2) is 71.5 Å². The van der Waals surface area contributed by atoms with Gasteiger partial charge in [0.05, 0.1) is 24.9 Å². The largest absolute Gasteiger partial charge is 0.423 e. The van der Waals surface area contributed by atoms with E-state index in [9.17, 15) is 4.39 Å². The first-order chi connectivity index (χ1) is 17.6. The smallest absolute Gasteiger partial charge is 0.341 e. The molecule has 0 amide bonds. The summed E-state index contributed by atoms with van der Waals surface area (Å²) in [7, 11) is 0. The van der Waals surface area contributed by atoms with Crippen LogP contribution in [-0.2, 0) is 9.47 Å². The third kappa shape index (κ3) is 4.48. The average Bonchev–Trinajstić information content (AvgIpc) is 3.68. The fraction of sp³-hybridized carbons (Fsp3) is 0.273. The molecule has 4 heterocycles. The van der Waals surface area contributed by atoms with Crippen LogP contribution in [0.4, 0.5) is 10.1 Å². The second-order valence-electron chi connectivity index (χ2n) is 8.22. The molecule has 0 radical (unpaired) electrons. The number of halogens is 1. The standard InChI is InChI=1S/C22H20FN9O3S/c23-13-1-3-14(4-2-13)26-21(36)27-17-9-33-20-18(10-34-19(17)20)32-22(28-29-30-32)35-16-7-5-15(6-8-16)31-12-24-11-25-31/h1-8,11-12,17-20H,9-10H2,(H2,26,27,36)/t17-,18-,19+,20+/m0/s1. The number of hydrogen-bond acceptors (Lipinski definition) is 9. The predicted octanol–water partition coefficient (Wildman–Crippen LogP) is 1.88. The summed E-state index contributed by atoms with van der Waals surface area (Å²) in [5.74, 6) is 0.251. The third-order valence-corrected chi connectivity index (χ3v) is 6.17. The van der Waals surface area contributed by atoms with E-state index < -0.39 is 0 Å². The Bertz CT molecular complexity index is 1330. The number of fused-ring (bicyclic) bond motifs is 1. The van der Waals surface area contributed by atoms with Crippen LogP contribution < -0.4 is 15.4 Å². The van der Waals surface area contributed by atoms with Gasteiger partial charge in [-0.1, -0.05) is 5.10 Å². The lowest BCUT2D eigenvalue weighted by Gasteiger charge is -2.20. The van der Waals surface area contributed by atoms with Crippen LogP contribution in [0, 0.1) is 5.82 Å². The number of hydrogen-bond donors (Lipinski definition) is 2. The van der Waals surface area contributed by atoms with Gasteiger partial charge < -0.3 is 24.8 Å². The maximum absolute atomic E-state index is 13.1. The molecule has 2 aliphatic heterocycles. The van der Waals surface area contributed by atoms with E-state index in [0.717, 1.165) is 5.69 Å². The number of ether oxygens (including phenoxy) is 3. The van der Waals surface area contributed by atoms with E-state index in [4.69, 9.17) is 26.4 Å². The summed E-state index contributed by atoms with van der Waals surface area (Å²) >= 11 is 5.41. The van der Waals surface area contributed by atoms with Gasteiger partial charge in [0.15, 0.2) is 5.11 Å². The highest BCUT2D eigenvalue weighted by atomic mass is 32.1. The van der Waals surface area contributed by atoms with Crippen molar-refractivity contribution in [3.05, 3.63) is 67.0 Å². The first-order valence-electron chi connectivity index (χ1n) is 11.1. The number of tetrazole rings is 1. The number of nitrogens with one attached hydrogen (secondary N) is 2. The first-order valence-corrected chi connectivity index (χ1v) is 11.5. The van der Waals surface area contributed by atoms with Crippen molar-refractivity contribution in [2.24, 2.45) is 0 Å². The summed E-state index contributed by atoms with van der Waals surface area (Å²) < 4.78 is 34.4. The lowest BCUT2D eigenvalue weighted by molar-refractivity contribution is 0.0615. The number of thiocarbonyl (C=S) groups is 1. The predicted molar refractivity (Wildman–Crippen MR) is 127 cm³/mol. The van der Waals surface area contributed by atoms with Crippen molar-refractivity contribution in [1.82, 2.24) is 40.3 Å². The van der Waals surface area contributed by atoms with E-state index in [0.29, 0.717) is 29.8 Å². The minimum atomic E-state index is -0.313. The van der Waals surface area contributed by atoms with Crippen LogP contribution in [0.3, 0.4) is 0 Å². The first kappa shape index (κ1) is 22.5. The summed E-state index contributed by atoms with van der Waals surface area (Å²) in [6.45, 7) is 0.734. The van der Waals surface area contributed by atoms with Gasteiger partial charge in [0.2, 0.25) is 0 Å². The molecule has 14 heteroatoms. The van der Waals surface area contributed by atoms with Gasteiger partial charge in [-0.2, -0.15) is 9.78 Å². The molecule has 0 unspecified atom stereocenters. The Kier molecular flexibility index (Phi) is 5.96. The van der Waals surface area contributed by atoms with Crippen molar-refractivity contribution in [2.45, 2.75) is 24.3 Å². The van der Waals surface area contributed by atoms with Gasteiger partial charge in [-0.3, -0.25) is 0 Å². The number of anilines is 1. The van der Waals surface area contributed by atoms with Gasteiger partial charge in [0.1, 0.15) is 42.5 Å². The molecule has 2 N–H and O–H groups in total. The summed E-state index contributed by atoms with van der Waals surface area (Å²) in [6, 6.07) is 13.0. The van der Waals surface area contributed by atoms with Crippen molar-refractivity contribution in [3.63, 3.8) is 0 Å². The molecule has 0 bridgehead atoms. The summed E-state index contributed by atoms with van der Waals surface area (Å²) in [5, 5.41) is 22.7. The Balaban J connectivity index is 1.10. The number of rotatable bonds is 6. The molecule has 4 aromatic rings. The van der Waals surface area contributed by atoms with Crippen LogP contribution in [0.1, 0.15) is 6.04 Å². The van der Waals surface area contributed by atoms with Crippen molar-refractivity contribution in [2.75, 3.05) is 18.5 Å². The Morgan fingerprint density at radius 3 is 2.64 bits per heavy atom. The molecule has 0 spiro atoms. The number of aromatic nitrogens is 7. The topological polar surface area (TPSA) is 126 Å². The van der Waals surface area contributed by atoms with Crippen LogP contribution in [0.25, 0.3) is 5.69 Å². The zero-order valence-electron chi connectivity index (χ0n) is 18.6. The minimum Gasteiger partial charge on any atom is -0.423 e. The fourth-order valence-corrected chi connectivity index (χ4v) is 4.53. The van der Waals surface area contributed by atoms with E-state index in [1.54, 1.807) is 40.0 Å². The van der Waals surface area contributed by atoms with Crippen molar-refractivity contribution >= 4 is 23.0 Å². The van der Waals surface area contributed by atoms with Gasteiger partial charge in [-0.15, -0.1) is 0 Å². The molecule has 2 fully saturated rings. The average molecular weight is 510 g/mol. The second-order valence-corrected chi connectivity index (χ2v) is 8.63. The van der Waals surface area contributed by atoms with Gasteiger partial charge in [0, 0.05) is 5.69 Å². The SMILES string of the molecule is Fc1ccc(NC(=S)N[C@H]2CO[C@H]3[C@@H]2OC[C@@H]3n2nnnc2Oc2ccc(-n3cncn3)cc2)cc1. The zero-order chi connectivity index (χ0) is 24.5. The zero-order valence-corrected chi connectivity index (χ0v) is 19.5. The van der Waals surface area contributed by atoms with E-state index >= 15 is 0 Å². The third-order valence-electron chi connectivity index (χ3n) is 5.95. The van der Waals surface area contributed by atoms with Crippen molar-refractivity contribution in [3.8, 4) is 17.4 Å². The van der Waals surface area contributed by atoms with Gasteiger partial charge in [-0.25, -0.2) is 14.1 Å². The van der Waals surface area contributed by atoms with Crippen molar-refractivity contribution in [1.29, 1.82) is 0 Å². The quantitative estimate of drug-likeness (QED) is 0.370. The maximum atomic E-state index is 13.1. The van der Waals surface area contributed by atoms with E-state index in [-0.39, 0.29) is 36.1 Å². The molecule has 0 saturated carbocycles. The van der Waals surface area contributed by atoms with E-state index in [1.165, 1.54) is 18.5 Å². The molecule has 2 aromatic heterocycles. The molecule has 184 valence electrons. The number of benzene rings is 2. The molecule has 12 nitrogen and oxygen atoms in total. The monoisotopic (exact) mass is 509 g/mol. The summed E-state index contributed by atoms with van der Waals surface area (Å²) in [4.78, 5) is 3.95. The molecular formula is C22H20FN9O3S. The normalized spacial score (nSPS) is 22.8. The van der Waals surface area contributed by atoms with Crippen LogP contribution >= 0.6 is 12.2 Å². The molecule has 4 atom stereocenters. The maximum Gasteiger partial charge on any atom is 0.341 e. The highest BCUT2D eigenvalue weighted by molar-refractivity contribution is 7.80. The molecule has 2 aromatic carbocycles. The van der Waals surface area contributed by atoms with Crippen LogP contribution in [0.5, 0.6) is 11.8 Å². The molecule has 36 heavy (non-hydrogen) atoms. The lowest BCUT2D eigenvalue weighted by Crippen LogP contribution is -2.45. The second kappa shape index (κ2) is 9.56. The number of nitrogens with zero attached hydrogens (tertiary/aromatic N) is 7. The highest BCUT2D eigenvalue weighted by Gasteiger charge is 2.50. The highest BCUT2D eigenvalue weighted by Crippen LogP contribution is 2.36. The Morgan fingerprint density at radius 2 is 1.86 bits per heavy atom. The summed E-state index contributed by atoms with van der Waals surface area (Å²) in [5.41, 5.74) is 1.52. The van der Waals surface area contributed by atoms with Gasteiger partial charge >= 0.3 is 6.01 Å². The fourth-order valence-electron chi connectivity index (χ4n) is 4.26. The van der Waals surface area contributed by atoms with E-state index in [1.807, 2.05) is 12.1 Å². The Labute approximate surface area is 209 Å². The van der Waals surface area contributed by atoms with Gasteiger partial charge in [0.25, 0.3) is 0 Å². The molecule has 6 rings (SSSR count). The van der Waals surface area contributed by atoms with Gasteiger partial charge in [-0.05, 0) is 71.2 Å². The minimum absolute atomic E-state index is 0.175. The molecule has 0 aliphatic carbocycles. The molecular weight excluding hydrogens is 489 g/mol. The van der Waals surface area contributed by atoms with E-state index in [2.05, 4.69) is 36.2 Å². The lowest BCUT2D eigenvalue weighted by atomic mass is 10.1. The van der Waals surface area contributed by atoms with Crippen molar-refractivity contribution < 1.29 is 18.6 Å². The molecule has 2 saturated heterocycles.